The summed E-state index contributed by atoms with van der Waals surface area (Å²) >= 11 is 1.58. The highest BCUT2D eigenvalue weighted by molar-refractivity contribution is 7.22. The number of carbonyl (C=O) groups excluding carboxylic acids is 2. The molecular weight excluding hydrogens is 400 g/mol. The lowest BCUT2D eigenvalue weighted by atomic mass is 9.95. The minimum absolute atomic E-state index is 0.0159. The van der Waals surface area contributed by atoms with E-state index in [0.29, 0.717) is 22.5 Å². The van der Waals surface area contributed by atoms with Gasteiger partial charge in [-0.2, -0.15) is 5.26 Å². The van der Waals surface area contributed by atoms with Crippen LogP contribution in [-0.2, 0) is 9.59 Å². The molecule has 2 amide bonds. The van der Waals surface area contributed by atoms with Crippen molar-refractivity contribution in [2.75, 3.05) is 13.7 Å². The highest BCUT2D eigenvalue weighted by atomic mass is 32.1. The van der Waals surface area contributed by atoms with Crippen molar-refractivity contribution in [3.63, 3.8) is 0 Å². The van der Waals surface area contributed by atoms with Crippen LogP contribution in [0.25, 0.3) is 26.8 Å². The Morgan fingerprint density at radius 1 is 1.20 bits per heavy atom. The lowest BCUT2D eigenvalue weighted by Crippen LogP contribution is -2.42. The van der Waals surface area contributed by atoms with Gasteiger partial charge >= 0.3 is 0 Å². The molecule has 7 heteroatoms. The third kappa shape index (κ3) is 3.21. The largest absolute Gasteiger partial charge is 0.497 e. The van der Waals surface area contributed by atoms with E-state index in [1.54, 1.807) is 38.4 Å². The topological polar surface area (TPSA) is 83.5 Å². The molecule has 3 heterocycles. The van der Waals surface area contributed by atoms with Gasteiger partial charge in [-0.1, -0.05) is 0 Å². The number of imide groups is 1. The lowest BCUT2D eigenvalue weighted by Gasteiger charge is -2.25. The van der Waals surface area contributed by atoms with Gasteiger partial charge in [-0.3, -0.25) is 14.5 Å². The Kier molecular flexibility index (Phi) is 5.02. The molecular formula is C23H18N2O4S. The SMILES string of the molecule is CCN1C(=O)C(C#N)=C(C)/C(=C/c2cc3sc(-c4ccc(OC)cc4)cc3o2)C1=O. The minimum Gasteiger partial charge on any atom is -0.497 e. The van der Waals surface area contributed by atoms with Crippen LogP contribution in [0.15, 0.2) is 57.5 Å². The Morgan fingerprint density at radius 3 is 2.53 bits per heavy atom. The maximum atomic E-state index is 12.7. The van der Waals surface area contributed by atoms with E-state index in [-0.39, 0.29) is 12.1 Å². The molecule has 0 fully saturated rings. The van der Waals surface area contributed by atoms with Crippen molar-refractivity contribution >= 4 is 39.5 Å². The Hall–Kier alpha value is -3.63. The van der Waals surface area contributed by atoms with Crippen LogP contribution in [0.4, 0.5) is 0 Å². The third-order valence-electron chi connectivity index (χ3n) is 5.03. The fourth-order valence-electron chi connectivity index (χ4n) is 3.38. The van der Waals surface area contributed by atoms with Crippen LogP contribution >= 0.6 is 11.3 Å². The maximum Gasteiger partial charge on any atom is 0.271 e. The molecule has 4 rings (SSSR count). The number of benzene rings is 1. The molecule has 0 aliphatic carbocycles. The first-order chi connectivity index (χ1) is 14.5. The molecule has 1 aromatic carbocycles. The van der Waals surface area contributed by atoms with Crippen molar-refractivity contribution in [3.8, 4) is 22.3 Å². The molecule has 0 atom stereocenters. The van der Waals surface area contributed by atoms with Gasteiger partial charge in [-0.25, -0.2) is 0 Å². The van der Waals surface area contributed by atoms with Gasteiger partial charge in [0.2, 0.25) is 0 Å². The molecule has 0 N–H and O–H groups in total. The predicted molar refractivity (Wildman–Crippen MR) is 115 cm³/mol. The molecule has 150 valence electrons. The van der Waals surface area contributed by atoms with E-state index in [1.807, 2.05) is 42.5 Å². The van der Waals surface area contributed by atoms with Gasteiger partial charge in [0.15, 0.2) is 0 Å². The molecule has 6 nitrogen and oxygen atoms in total. The van der Waals surface area contributed by atoms with Crippen LogP contribution in [0, 0.1) is 11.3 Å². The average molecular weight is 418 g/mol. The van der Waals surface area contributed by atoms with Gasteiger partial charge in [0.1, 0.15) is 28.7 Å². The van der Waals surface area contributed by atoms with Crippen LogP contribution in [-0.4, -0.2) is 30.4 Å². The zero-order valence-electron chi connectivity index (χ0n) is 16.7. The zero-order valence-corrected chi connectivity index (χ0v) is 17.5. The van der Waals surface area contributed by atoms with Crippen molar-refractivity contribution < 1.29 is 18.7 Å². The molecule has 0 bridgehead atoms. The molecule has 30 heavy (non-hydrogen) atoms. The molecule has 1 aliphatic heterocycles. The van der Waals surface area contributed by atoms with Crippen LogP contribution in [0.1, 0.15) is 19.6 Å². The molecule has 0 saturated heterocycles. The first kappa shape index (κ1) is 19.7. The summed E-state index contributed by atoms with van der Waals surface area (Å²) < 4.78 is 12.1. The number of furan rings is 1. The number of carbonyl (C=O) groups is 2. The van der Waals surface area contributed by atoms with Crippen molar-refractivity contribution in [2.24, 2.45) is 0 Å². The van der Waals surface area contributed by atoms with Crippen molar-refractivity contribution in [1.29, 1.82) is 5.26 Å². The second kappa shape index (κ2) is 7.65. The van der Waals surface area contributed by atoms with E-state index < -0.39 is 11.8 Å². The Bertz CT molecular complexity index is 1240. The fourth-order valence-corrected chi connectivity index (χ4v) is 4.42. The van der Waals surface area contributed by atoms with Gasteiger partial charge < -0.3 is 9.15 Å². The van der Waals surface area contributed by atoms with E-state index >= 15 is 0 Å². The monoisotopic (exact) mass is 418 g/mol. The quantitative estimate of drug-likeness (QED) is 0.450. The molecule has 0 spiro atoms. The van der Waals surface area contributed by atoms with E-state index in [0.717, 1.165) is 25.8 Å². The second-order valence-electron chi connectivity index (χ2n) is 6.74. The normalized spacial score (nSPS) is 15.9. The van der Waals surface area contributed by atoms with Crippen LogP contribution in [0.3, 0.4) is 0 Å². The molecule has 0 unspecified atom stereocenters. The first-order valence-electron chi connectivity index (χ1n) is 9.33. The molecule has 0 radical (unpaired) electrons. The number of thiophene rings is 1. The Morgan fingerprint density at radius 2 is 1.93 bits per heavy atom. The van der Waals surface area contributed by atoms with Gasteiger partial charge in [0.05, 0.1) is 11.8 Å². The summed E-state index contributed by atoms with van der Waals surface area (Å²) in [6.07, 6.45) is 1.60. The summed E-state index contributed by atoms with van der Waals surface area (Å²) in [5.74, 6) is 0.328. The van der Waals surface area contributed by atoms with E-state index in [4.69, 9.17) is 9.15 Å². The molecule has 2 aromatic heterocycles. The van der Waals surface area contributed by atoms with Crippen molar-refractivity contribution in [1.82, 2.24) is 4.90 Å². The summed E-state index contributed by atoms with van der Waals surface area (Å²) in [4.78, 5) is 27.2. The number of likely N-dealkylation sites (N-methyl/N-ethyl adjacent to an activating group) is 1. The standard InChI is InChI=1S/C23H18N2O4S/c1-4-25-22(26)17(13(2)18(12-24)23(25)27)9-16-10-21-19(29-16)11-20(30-21)14-5-7-15(28-3)8-6-14/h5-11H,4H2,1-3H3/b17-9-. The van der Waals surface area contributed by atoms with Gasteiger partial charge in [0, 0.05) is 29.1 Å². The average Bonchev–Trinajstić information content (AvgIpc) is 3.31. The van der Waals surface area contributed by atoms with Crippen molar-refractivity contribution in [2.45, 2.75) is 13.8 Å². The third-order valence-corrected chi connectivity index (χ3v) is 6.14. The second-order valence-corrected chi connectivity index (χ2v) is 7.82. The molecule has 0 saturated carbocycles. The summed E-state index contributed by atoms with van der Waals surface area (Å²) in [6.45, 7) is 3.51. The molecule has 1 aliphatic rings. The highest BCUT2D eigenvalue weighted by Gasteiger charge is 2.34. The fraction of sp³-hybridized carbons (Fsp3) is 0.174. The number of ether oxygens (including phenoxy) is 1. The van der Waals surface area contributed by atoms with Gasteiger partial charge in [-0.05, 0) is 55.3 Å². The van der Waals surface area contributed by atoms with E-state index in [2.05, 4.69) is 0 Å². The summed E-state index contributed by atoms with van der Waals surface area (Å²) in [5, 5.41) is 9.34. The highest BCUT2D eigenvalue weighted by Crippen LogP contribution is 2.37. The Balaban J connectivity index is 1.71. The van der Waals surface area contributed by atoms with Gasteiger partial charge in [0.25, 0.3) is 11.8 Å². The van der Waals surface area contributed by atoms with Gasteiger partial charge in [-0.15, -0.1) is 11.3 Å². The number of hydrogen-bond donors (Lipinski definition) is 0. The van der Waals surface area contributed by atoms with E-state index in [9.17, 15) is 14.9 Å². The number of rotatable bonds is 4. The van der Waals surface area contributed by atoms with Crippen LogP contribution < -0.4 is 4.74 Å². The summed E-state index contributed by atoms with van der Waals surface area (Å²) in [5.41, 5.74) is 2.43. The van der Waals surface area contributed by atoms with Crippen molar-refractivity contribution in [3.05, 3.63) is 58.9 Å². The number of nitrogens with zero attached hydrogens (tertiary/aromatic N) is 2. The lowest BCUT2D eigenvalue weighted by molar-refractivity contribution is -0.140. The zero-order chi connectivity index (χ0) is 21.4. The van der Waals surface area contributed by atoms with E-state index in [1.165, 1.54) is 0 Å². The van der Waals surface area contributed by atoms with Crippen LogP contribution in [0.5, 0.6) is 5.75 Å². The minimum atomic E-state index is -0.552. The summed E-state index contributed by atoms with van der Waals surface area (Å²) in [7, 11) is 1.63. The number of amides is 2. The summed E-state index contributed by atoms with van der Waals surface area (Å²) in [6, 6.07) is 13.5. The number of fused-ring (bicyclic) bond motifs is 1. The molecule has 3 aromatic rings. The maximum absolute atomic E-state index is 12.7. The number of hydrogen-bond acceptors (Lipinski definition) is 6. The number of methoxy groups -OCH3 is 1. The van der Waals surface area contributed by atoms with Crippen LogP contribution in [0.2, 0.25) is 0 Å². The first-order valence-corrected chi connectivity index (χ1v) is 10.2. The predicted octanol–water partition coefficient (Wildman–Crippen LogP) is 4.78. The number of nitriles is 1. The Labute approximate surface area is 177 Å². The smallest absolute Gasteiger partial charge is 0.271 e.